The van der Waals surface area contributed by atoms with Gasteiger partial charge in [-0.15, -0.1) is 0 Å². The van der Waals surface area contributed by atoms with E-state index in [1.807, 2.05) is 0 Å². The summed E-state index contributed by atoms with van der Waals surface area (Å²) in [7, 11) is 0. The van der Waals surface area contributed by atoms with E-state index >= 15 is 0 Å². The Hall–Kier alpha value is -3.17. The van der Waals surface area contributed by atoms with Crippen LogP contribution in [0, 0.1) is 18.7 Å². The topological polar surface area (TPSA) is 69.0 Å². The van der Waals surface area contributed by atoms with Crippen LogP contribution in [0.1, 0.15) is 62.0 Å². The van der Waals surface area contributed by atoms with Gasteiger partial charge >= 0.3 is 0 Å². The largest absolute Gasteiger partial charge is 0.486 e. The summed E-state index contributed by atoms with van der Waals surface area (Å²) >= 11 is 0. The van der Waals surface area contributed by atoms with Gasteiger partial charge in [0, 0.05) is 11.8 Å². The van der Waals surface area contributed by atoms with E-state index in [1.54, 1.807) is 13.8 Å². The lowest BCUT2D eigenvalue weighted by Crippen LogP contribution is -2.33. The number of hydrogen-bond donors (Lipinski definition) is 1. The van der Waals surface area contributed by atoms with Crippen LogP contribution in [0.15, 0.2) is 29.2 Å². The third-order valence-electron chi connectivity index (χ3n) is 6.80. The van der Waals surface area contributed by atoms with Crippen LogP contribution in [0.3, 0.4) is 0 Å². The van der Waals surface area contributed by atoms with Gasteiger partial charge in [-0.05, 0) is 45.4 Å². The van der Waals surface area contributed by atoms with E-state index in [-0.39, 0.29) is 22.6 Å². The molecular weight excluding hydrogens is 464 g/mol. The van der Waals surface area contributed by atoms with Crippen molar-refractivity contribution in [3.63, 3.8) is 0 Å². The van der Waals surface area contributed by atoms with Crippen LogP contribution >= 0.6 is 0 Å². The van der Waals surface area contributed by atoms with Crippen molar-refractivity contribution in [3.05, 3.63) is 57.5 Å². The van der Waals surface area contributed by atoms with Gasteiger partial charge in [0.1, 0.15) is 29.7 Å². The summed E-state index contributed by atoms with van der Waals surface area (Å²) in [5.41, 5.74) is -1.71. The van der Waals surface area contributed by atoms with Crippen LogP contribution in [0.2, 0.25) is 0 Å². The summed E-state index contributed by atoms with van der Waals surface area (Å²) in [6.07, 6.45) is 1.67. The highest BCUT2D eigenvalue weighted by Crippen LogP contribution is 2.44. The number of aryl methyl sites for hydroxylation is 1. The van der Waals surface area contributed by atoms with Crippen molar-refractivity contribution in [2.75, 3.05) is 18.6 Å². The number of fused-ring (bicyclic) bond motifs is 1. The molecule has 0 amide bonds. The molecule has 0 radical (unpaired) electrons. The summed E-state index contributed by atoms with van der Waals surface area (Å²) in [6.45, 7) is 2.94. The molecule has 2 fully saturated rings. The summed E-state index contributed by atoms with van der Waals surface area (Å²) in [4.78, 5) is 22.2. The number of anilines is 1. The lowest BCUT2D eigenvalue weighted by Gasteiger charge is -2.21. The number of benzene rings is 1. The average Bonchev–Trinajstić information content (AvgIpc) is 3.73. The molecule has 2 heterocycles. The number of halogens is 4. The zero-order valence-electron chi connectivity index (χ0n) is 19.5. The number of nitrogens with one attached hydrogen (secondary N) is 1. The minimum Gasteiger partial charge on any atom is -0.486 e. The minimum atomic E-state index is -2.94. The maximum Gasteiger partial charge on any atom is 0.295 e. The quantitative estimate of drug-likeness (QED) is 0.396. The van der Waals surface area contributed by atoms with Crippen molar-refractivity contribution >= 4 is 16.7 Å². The molecule has 186 valence electrons. The molecule has 6 nitrogen and oxygen atoms in total. The molecule has 0 aliphatic heterocycles. The van der Waals surface area contributed by atoms with E-state index in [9.17, 15) is 22.4 Å². The highest BCUT2D eigenvalue weighted by molar-refractivity contribution is 5.92. The van der Waals surface area contributed by atoms with Crippen LogP contribution in [0.5, 0.6) is 5.75 Å². The molecule has 1 aromatic carbocycles. The molecule has 2 aromatic heterocycles. The molecule has 0 bridgehead atoms. The Morgan fingerprint density at radius 2 is 1.94 bits per heavy atom. The Balaban J connectivity index is 1.62. The lowest BCUT2D eigenvalue weighted by molar-refractivity contribution is 0.146. The van der Waals surface area contributed by atoms with E-state index in [0.29, 0.717) is 36.6 Å². The van der Waals surface area contributed by atoms with Gasteiger partial charge < -0.3 is 14.6 Å². The molecule has 0 unspecified atom stereocenters. The second-order valence-electron chi connectivity index (χ2n) is 9.54. The monoisotopic (exact) mass is 490 g/mol. The van der Waals surface area contributed by atoms with Crippen LogP contribution < -0.4 is 15.6 Å². The van der Waals surface area contributed by atoms with Gasteiger partial charge in [0.15, 0.2) is 0 Å². The fourth-order valence-corrected chi connectivity index (χ4v) is 4.29. The van der Waals surface area contributed by atoms with E-state index in [1.165, 1.54) is 22.9 Å². The molecule has 2 aliphatic rings. The number of nitrogens with zero attached hydrogens (tertiary/aromatic N) is 3. The van der Waals surface area contributed by atoms with Crippen molar-refractivity contribution in [2.24, 2.45) is 5.92 Å². The second kappa shape index (κ2) is 8.80. The number of ether oxygens (including phenoxy) is 1. The van der Waals surface area contributed by atoms with Crippen LogP contribution in [0.25, 0.3) is 10.9 Å². The first-order chi connectivity index (χ1) is 16.7. The molecule has 3 aromatic rings. The predicted octanol–water partition coefficient (Wildman–Crippen LogP) is 5.60. The maximum atomic E-state index is 14.8. The van der Waals surface area contributed by atoms with Gasteiger partial charge in [-0.2, -0.15) is 0 Å². The molecule has 2 saturated carbocycles. The number of aromatic nitrogens is 3. The smallest absolute Gasteiger partial charge is 0.295 e. The molecule has 2 aliphatic carbocycles. The van der Waals surface area contributed by atoms with Gasteiger partial charge in [0.25, 0.3) is 12.0 Å². The Morgan fingerprint density at radius 3 is 2.57 bits per heavy atom. The summed E-state index contributed by atoms with van der Waals surface area (Å²) < 4.78 is 62.4. The van der Waals surface area contributed by atoms with Gasteiger partial charge in [-0.1, -0.05) is 18.2 Å². The highest BCUT2D eigenvalue weighted by atomic mass is 19.3. The van der Waals surface area contributed by atoms with Crippen molar-refractivity contribution in [1.29, 1.82) is 0 Å². The summed E-state index contributed by atoms with van der Waals surface area (Å²) in [5, 5.41) is 3.50. The minimum absolute atomic E-state index is 0.0428. The Labute approximate surface area is 199 Å². The lowest BCUT2D eigenvalue weighted by atomic mass is 10.0. The fourth-order valence-electron chi connectivity index (χ4n) is 4.29. The van der Waals surface area contributed by atoms with Gasteiger partial charge in [0.2, 0.25) is 5.75 Å². The van der Waals surface area contributed by atoms with E-state index < -0.39 is 41.6 Å². The number of alkyl halides is 3. The fraction of sp³-hybridized carbons (Fsp3) is 0.480. The molecule has 1 atom stereocenters. The standard InChI is InChI=1S/C25H26F4N4O2/c1-13(16-4-3-5-17(19(16)27)22(28)29)30-23-18-10-33(25(12-26)8-9-25)24(34)21(35-11-15-6-7-15)20(18)31-14(2)32-23/h3-5,10,13,15,22H,6-9,11-12H2,1-2H3,(H,30,31,32)/t13-/m1/s1. The summed E-state index contributed by atoms with van der Waals surface area (Å²) in [5.74, 6) is 0.0499. The zero-order valence-corrected chi connectivity index (χ0v) is 19.5. The number of hydrogen-bond acceptors (Lipinski definition) is 5. The van der Waals surface area contributed by atoms with Crippen molar-refractivity contribution in [2.45, 2.75) is 57.5 Å². The van der Waals surface area contributed by atoms with Crippen molar-refractivity contribution in [3.8, 4) is 5.75 Å². The molecule has 0 saturated heterocycles. The average molecular weight is 491 g/mol. The number of rotatable bonds is 9. The first-order valence-corrected chi connectivity index (χ1v) is 11.7. The van der Waals surface area contributed by atoms with Crippen molar-refractivity contribution in [1.82, 2.24) is 14.5 Å². The second-order valence-corrected chi connectivity index (χ2v) is 9.54. The molecule has 10 heteroatoms. The SMILES string of the molecule is Cc1nc(N[C@H](C)c2cccc(C(F)F)c2F)c2cn(C3(CF)CC3)c(=O)c(OCC3CC3)c2n1. The van der Waals surface area contributed by atoms with Gasteiger partial charge in [-0.25, -0.2) is 27.5 Å². The molecule has 35 heavy (non-hydrogen) atoms. The predicted molar refractivity (Wildman–Crippen MR) is 123 cm³/mol. The van der Waals surface area contributed by atoms with E-state index in [4.69, 9.17) is 4.74 Å². The van der Waals surface area contributed by atoms with E-state index in [2.05, 4.69) is 15.3 Å². The molecule has 5 rings (SSSR count). The highest BCUT2D eigenvalue weighted by Gasteiger charge is 2.46. The summed E-state index contributed by atoms with van der Waals surface area (Å²) in [6, 6.07) is 3.12. The van der Waals surface area contributed by atoms with Crippen molar-refractivity contribution < 1.29 is 22.3 Å². The van der Waals surface area contributed by atoms with Gasteiger partial charge in [0.05, 0.1) is 29.1 Å². The van der Waals surface area contributed by atoms with Crippen LogP contribution in [-0.4, -0.2) is 27.8 Å². The third kappa shape index (κ3) is 4.34. The zero-order chi connectivity index (χ0) is 24.9. The van der Waals surface area contributed by atoms with Gasteiger partial charge in [-0.3, -0.25) is 4.79 Å². The van der Waals surface area contributed by atoms with Crippen LogP contribution in [-0.2, 0) is 5.54 Å². The maximum absolute atomic E-state index is 14.8. The first kappa shape index (κ1) is 23.6. The Morgan fingerprint density at radius 1 is 1.23 bits per heavy atom. The Kier molecular flexibility index (Phi) is 5.93. The number of pyridine rings is 1. The third-order valence-corrected chi connectivity index (χ3v) is 6.80. The van der Waals surface area contributed by atoms with E-state index in [0.717, 1.165) is 18.9 Å². The molecule has 0 spiro atoms. The van der Waals surface area contributed by atoms with Crippen LogP contribution in [0.4, 0.5) is 23.4 Å². The molecular formula is C25H26F4N4O2. The first-order valence-electron chi connectivity index (χ1n) is 11.7. The molecule has 1 N–H and O–H groups in total. The normalized spacial score (nSPS) is 17.6. The Bertz CT molecular complexity index is 1340.